The van der Waals surface area contributed by atoms with Crippen molar-refractivity contribution in [2.24, 2.45) is 5.92 Å². The van der Waals surface area contributed by atoms with E-state index in [2.05, 4.69) is 17.9 Å². The number of hydrogen-bond acceptors (Lipinski definition) is 2. The molecule has 14 heavy (non-hydrogen) atoms. The molecule has 0 radical (unpaired) electrons. The second-order valence-corrected chi connectivity index (χ2v) is 4.26. The van der Waals surface area contributed by atoms with Crippen molar-refractivity contribution >= 4 is 24.2 Å². The molecule has 0 heterocycles. The van der Waals surface area contributed by atoms with Crippen LogP contribution in [0.1, 0.15) is 19.3 Å². The molecule has 1 N–H and O–H groups in total. The molecule has 2 nitrogen and oxygen atoms in total. The SMILES string of the molecule is O=C(CC1CC1)Nc1ccc(S)cc1. The van der Waals surface area contributed by atoms with Gasteiger partial charge in [0, 0.05) is 17.0 Å². The van der Waals surface area contributed by atoms with Crippen LogP contribution in [0.3, 0.4) is 0 Å². The highest BCUT2D eigenvalue weighted by atomic mass is 32.1. The summed E-state index contributed by atoms with van der Waals surface area (Å²) in [6.07, 6.45) is 3.09. The van der Waals surface area contributed by atoms with Crippen molar-refractivity contribution in [3.05, 3.63) is 24.3 Å². The molecular weight excluding hydrogens is 194 g/mol. The average molecular weight is 207 g/mol. The van der Waals surface area contributed by atoms with Gasteiger partial charge in [-0.3, -0.25) is 4.79 Å². The highest BCUT2D eigenvalue weighted by Gasteiger charge is 2.24. The Balaban J connectivity index is 1.89. The van der Waals surface area contributed by atoms with Crippen molar-refractivity contribution < 1.29 is 4.79 Å². The van der Waals surface area contributed by atoms with Crippen LogP contribution in [0.15, 0.2) is 29.2 Å². The predicted molar refractivity (Wildman–Crippen MR) is 59.7 cm³/mol. The van der Waals surface area contributed by atoms with Crippen LogP contribution in [0.25, 0.3) is 0 Å². The van der Waals surface area contributed by atoms with E-state index in [1.807, 2.05) is 24.3 Å². The standard InChI is InChI=1S/C11H13NOS/c13-11(7-8-1-2-8)12-9-3-5-10(14)6-4-9/h3-6,8,14H,1-2,7H2,(H,12,13). The van der Waals surface area contributed by atoms with E-state index < -0.39 is 0 Å². The maximum absolute atomic E-state index is 11.4. The van der Waals surface area contributed by atoms with Crippen molar-refractivity contribution in [3.63, 3.8) is 0 Å². The molecule has 0 saturated heterocycles. The number of benzene rings is 1. The van der Waals surface area contributed by atoms with Gasteiger partial charge in [-0.05, 0) is 43.0 Å². The average Bonchev–Trinajstić information content (AvgIpc) is 2.93. The fraction of sp³-hybridized carbons (Fsp3) is 0.364. The summed E-state index contributed by atoms with van der Waals surface area (Å²) >= 11 is 4.18. The molecule has 0 aromatic heterocycles. The van der Waals surface area contributed by atoms with Crippen LogP contribution in [0.5, 0.6) is 0 Å². The fourth-order valence-electron chi connectivity index (χ4n) is 1.34. The Morgan fingerprint density at radius 3 is 2.57 bits per heavy atom. The third kappa shape index (κ3) is 2.77. The molecule has 0 unspecified atom stereocenters. The summed E-state index contributed by atoms with van der Waals surface area (Å²) in [4.78, 5) is 12.3. The van der Waals surface area contributed by atoms with E-state index in [0.29, 0.717) is 12.3 Å². The zero-order valence-corrected chi connectivity index (χ0v) is 8.76. The number of nitrogens with one attached hydrogen (secondary N) is 1. The quantitative estimate of drug-likeness (QED) is 0.733. The van der Waals surface area contributed by atoms with Gasteiger partial charge in [-0.15, -0.1) is 12.6 Å². The monoisotopic (exact) mass is 207 g/mol. The Kier molecular flexibility index (Phi) is 2.77. The van der Waals surface area contributed by atoms with Crippen LogP contribution in [-0.4, -0.2) is 5.91 Å². The molecule has 0 bridgehead atoms. The molecule has 3 heteroatoms. The summed E-state index contributed by atoms with van der Waals surface area (Å²) in [7, 11) is 0. The summed E-state index contributed by atoms with van der Waals surface area (Å²) in [6.45, 7) is 0. The summed E-state index contributed by atoms with van der Waals surface area (Å²) in [6, 6.07) is 7.48. The minimum atomic E-state index is 0.124. The van der Waals surface area contributed by atoms with Crippen molar-refractivity contribution in [1.29, 1.82) is 0 Å². The Labute approximate surface area is 89.1 Å². The third-order valence-electron chi connectivity index (χ3n) is 2.32. The van der Waals surface area contributed by atoms with Gasteiger partial charge in [-0.25, -0.2) is 0 Å². The second kappa shape index (κ2) is 4.05. The first-order chi connectivity index (χ1) is 6.74. The number of anilines is 1. The Bertz CT molecular complexity index is 330. The minimum Gasteiger partial charge on any atom is -0.326 e. The van der Waals surface area contributed by atoms with E-state index in [0.717, 1.165) is 10.6 Å². The number of carbonyl (C=O) groups is 1. The van der Waals surface area contributed by atoms with E-state index in [4.69, 9.17) is 0 Å². The van der Waals surface area contributed by atoms with Crippen LogP contribution < -0.4 is 5.32 Å². The largest absolute Gasteiger partial charge is 0.326 e. The van der Waals surface area contributed by atoms with Crippen molar-refractivity contribution in [2.75, 3.05) is 5.32 Å². The van der Waals surface area contributed by atoms with E-state index in [-0.39, 0.29) is 5.91 Å². The van der Waals surface area contributed by atoms with Crippen LogP contribution in [0, 0.1) is 5.92 Å². The lowest BCUT2D eigenvalue weighted by molar-refractivity contribution is -0.116. The number of thiol groups is 1. The summed E-state index contributed by atoms with van der Waals surface area (Å²) in [5, 5.41) is 2.87. The Morgan fingerprint density at radius 1 is 1.36 bits per heavy atom. The van der Waals surface area contributed by atoms with Gasteiger partial charge in [0.15, 0.2) is 0 Å². The molecule has 1 saturated carbocycles. The number of rotatable bonds is 3. The molecule has 2 rings (SSSR count). The molecule has 1 amide bonds. The van der Waals surface area contributed by atoms with Gasteiger partial charge in [-0.2, -0.15) is 0 Å². The van der Waals surface area contributed by atoms with Crippen LogP contribution in [0.2, 0.25) is 0 Å². The van der Waals surface area contributed by atoms with Gasteiger partial charge in [0.2, 0.25) is 5.91 Å². The lowest BCUT2D eigenvalue weighted by atomic mass is 10.2. The van der Waals surface area contributed by atoms with Crippen molar-refractivity contribution in [1.82, 2.24) is 0 Å². The molecule has 1 fully saturated rings. The van der Waals surface area contributed by atoms with Gasteiger partial charge in [0.05, 0.1) is 0 Å². The molecule has 74 valence electrons. The van der Waals surface area contributed by atoms with Gasteiger partial charge < -0.3 is 5.32 Å². The zero-order chi connectivity index (χ0) is 9.97. The van der Waals surface area contributed by atoms with Crippen molar-refractivity contribution in [3.8, 4) is 0 Å². The lowest BCUT2D eigenvalue weighted by Gasteiger charge is -2.04. The first-order valence-electron chi connectivity index (χ1n) is 4.83. The van der Waals surface area contributed by atoms with Crippen LogP contribution in [-0.2, 0) is 4.79 Å². The maximum atomic E-state index is 11.4. The maximum Gasteiger partial charge on any atom is 0.224 e. The van der Waals surface area contributed by atoms with Gasteiger partial charge in [-0.1, -0.05) is 0 Å². The van der Waals surface area contributed by atoms with Crippen molar-refractivity contribution in [2.45, 2.75) is 24.2 Å². The number of hydrogen-bond donors (Lipinski definition) is 2. The summed E-state index contributed by atoms with van der Waals surface area (Å²) < 4.78 is 0. The van der Waals surface area contributed by atoms with E-state index in [1.54, 1.807) is 0 Å². The normalized spacial score (nSPS) is 15.2. The molecular formula is C11H13NOS. The third-order valence-corrected chi connectivity index (χ3v) is 2.62. The number of amides is 1. The molecule has 1 aliphatic carbocycles. The smallest absolute Gasteiger partial charge is 0.224 e. The highest BCUT2D eigenvalue weighted by Crippen LogP contribution is 2.32. The topological polar surface area (TPSA) is 29.1 Å². The van der Waals surface area contributed by atoms with Crippen LogP contribution in [0.4, 0.5) is 5.69 Å². The molecule has 1 aromatic rings. The minimum absolute atomic E-state index is 0.124. The first-order valence-corrected chi connectivity index (χ1v) is 5.27. The van der Waals surface area contributed by atoms with E-state index >= 15 is 0 Å². The number of carbonyl (C=O) groups excluding carboxylic acids is 1. The fourth-order valence-corrected chi connectivity index (χ4v) is 1.49. The van der Waals surface area contributed by atoms with Gasteiger partial charge >= 0.3 is 0 Å². The molecule has 1 aliphatic rings. The highest BCUT2D eigenvalue weighted by molar-refractivity contribution is 7.80. The predicted octanol–water partition coefficient (Wildman–Crippen LogP) is 2.71. The van der Waals surface area contributed by atoms with Gasteiger partial charge in [0.1, 0.15) is 0 Å². The van der Waals surface area contributed by atoms with Crippen LogP contribution >= 0.6 is 12.6 Å². The molecule has 0 spiro atoms. The summed E-state index contributed by atoms with van der Waals surface area (Å²) in [5.41, 5.74) is 0.855. The molecule has 0 atom stereocenters. The zero-order valence-electron chi connectivity index (χ0n) is 7.86. The Morgan fingerprint density at radius 2 is 2.00 bits per heavy atom. The van der Waals surface area contributed by atoms with Gasteiger partial charge in [0.25, 0.3) is 0 Å². The molecule has 0 aliphatic heterocycles. The van der Waals surface area contributed by atoms with E-state index in [1.165, 1.54) is 12.8 Å². The Hall–Kier alpha value is -0.960. The van der Waals surface area contributed by atoms with E-state index in [9.17, 15) is 4.79 Å². The lowest BCUT2D eigenvalue weighted by Crippen LogP contribution is -2.11. The summed E-state index contributed by atoms with van der Waals surface area (Å²) in [5.74, 6) is 0.763. The second-order valence-electron chi connectivity index (χ2n) is 3.74. The first kappa shape index (κ1) is 9.59. The molecule has 1 aromatic carbocycles.